The van der Waals surface area contributed by atoms with E-state index in [0.717, 1.165) is 28.7 Å². The number of amides is 1. The lowest BCUT2D eigenvalue weighted by Crippen LogP contribution is -2.14. The molecule has 0 unspecified atom stereocenters. The van der Waals surface area contributed by atoms with Crippen LogP contribution in [0.3, 0.4) is 0 Å². The fraction of sp³-hybridized carbons (Fsp3) is 0.0909. The predicted octanol–water partition coefficient (Wildman–Crippen LogP) is 4.58. The second-order valence-corrected chi connectivity index (χ2v) is 6.28. The van der Waals surface area contributed by atoms with Gasteiger partial charge in [0.05, 0.1) is 11.2 Å². The van der Waals surface area contributed by atoms with E-state index in [4.69, 9.17) is 0 Å². The van der Waals surface area contributed by atoms with Crippen molar-refractivity contribution in [2.75, 3.05) is 10.6 Å². The monoisotopic (exact) mass is 369 g/mol. The first-order valence-electron chi connectivity index (χ1n) is 9.07. The largest absolute Gasteiger partial charge is 0.322 e. The summed E-state index contributed by atoms with van der Waals surface area (Å²) in [6.07, 6.45) is 4.25. The van der Waals surface area contributed by atoms with Crippen LogP contribution < -0.4 is 10.6 Å². The lowest BCUT2D eigenvalue weighted by molar-refractivity contribution is 0.102. The number of nitrogens with one attached hydrogen (secondary N) is 2. The second-order valence-electron chi connectivity index (χ2n) is 6.28. The number of aryl methyl sites for hydroxylation is 1. The molecule has 0 bridgehead atoms. The van der Waals surface area contributed by atoms with Gasteiger partial charge in [-0.15, -0.1) is 0 Å². The number of pyridine rings is 1. The minimum absolute atomic E-state index is 0.283. The Kier molecular flexibility index (Phi) is 4.93. The van der Waals surface area contributed by atoms with E-state index in [-0.39, 0.29) is 11.6 Å². The Balaban J connectivity index is 1.54. The van der Waals surface area contributed by atoms with Gasteiger partial charge in [0.25, 0.3) is 5.91 Å². The van der Waals surface area contributed by atoms with Gasteiger partial charge in [0.2, 0.25) is 5.95 Å². The molecule has 0 atom stereocenters. The molecule has 4 rings (SSSR count). The Morgan fingerprint density at radius 3 is 2.57 bits per heavy atom. The number of hydrogen-bond acceptors (Lipinski definition) is 5. The van der Waals surface area contributed by atoms with Crippen LogP contribution in [-0.4, -0.2) is 20.9 Å². The van der Waals surface area contributed by atoms with Gasteiger partial charge in [-0.3, -0.25) is 9.78 Å². The quantitative estimate of drug-likeness (QED) is 0.538. The number of aromatic nitrogens is 3. The lowest BCUT2D eigenvalue weighted by atomic mass is 10.1. The summed E-state index contributed by atoms with van der Waals surface area (Å²) in [6, 6.07) is 19.1. The van der Waals surface area contributed by atoms with Gasteiger partial charge in [0.1, 0.15) is 5.69 Å². The van der Waals surface area contributed by atoms with Crippen LogP contribution in [-0.2, 0) is 6.42 Å². The van der Waals surface area contributed by atoms with Gasteiger partial charge in [0.15, 0.2) is 0 Å². The molecule has 1 amide bonds. The Morgan fingerprint density at radius 1 is 0.929 bits per heavy atom. The molecule has 2 N–H and O–H groups in total. The first kappa shape index (κ1) is 17.6. The summed E-state index contributed by atoms with van der Waals surface area (Å²) in [4.78, 5) is 25.5. The molecule has 0 saturated carbocycles. The molecule has 0 aliphatic rings. The molecule has 0 aliphatic heterocycles. The summed E-state index contributed by atoms with van der Waals surface area (Å²) in [7, 11) is 0. The van der Waals surface area contributed by atoms with Gasteiger partial charge in [-0.1, -0.05) is 37.3 Å². The normalized spacial score (nSPS) is 10.6. The second kappa shape index (κ2) is 7.84. The maximum atomic E-state index is 12.5. The fourth-order valence-electron chi connectivity index (χ4n) is 2.89. The van der Waals surface area contributed by atoms with Crippen LogP contribution in [0.5, 0.6) is 0 Å². The number of hydrogen-bond donors (Lipinski definition) is 2. The van der Waals surface area contributed by atoms with Crippen molar-refractivity contribution in [3.05, 3.63) is 84.3 Å². The first-order chi connectivity index (χ1) is 13.7. The Bertz CT molecular complexity index is 1120. The number of carbonyl (C=O) groups excluding carboxylic acids is 1. The van der Waals surface area contributed by atoms with Gasteiger partial charge in [-0.25, -0.2) is 9.97 Å². The molecule has 0 fully saturated rings. The zero-order chi connectivity index (χ0) is 19.3. The molecule has 28 heavy (non-hydrogen) atoms. The number of para-hydroxylation sites is 1. The zero-order valence-corrected chi connectivity index (χ0v) is 15.4. The van der Waals surface area contributed by atoms with E-state index >= 15 is 0 Å². The maximum absolute atomic E-state index is 12.5. The van der Waals surface area contributed by atoms with Crippen LogP contribution in [0, 0.1) is 0 Å². The summed E-state index contributed by atoms with van der Waals surface area (Å²) < 4.78 is 0. The van der Waals surface area contributed by atoms with Crippen molar-refractivity contribution in [1.29, 1.82) is 0 Å². The molecule has 0 radical (unpaired) electrons. The molecule has 2 aromatic heterocycles. The van der Waals surface area contributed by atoms with E-state index in [1.165, 1.54) is 5.56 Å². The summed E-state index contributed by atoms with van der Waals surface area (Å²) in [5, 5.41) is 7.03. The average molecular weight is 369 g/mol. The Hall–Kier alpha value is -3.80. The maximum Gasteiger partial charge on any atom is 0.274 e. The Labute approximate surface area is 162 Å². The van der Waals surface area contributed by atoms with Gasteiger partial charge >= 0.3 is 0 Å². The van der Waals surface area contributed by atoms with Gasteiger partial charge in [-0.2, -0.15) is 0 Å². The predicted molar refractivity (Wildman–Crippen MR) is 111 cm³/mol. The van der Waals surface area contributed by atoms with E-state index in [2.05, 4.69) is 32.5 Å². The molecule has 4 aromatic rings. The van der Waals surface area contributed by atoms with E-state index in [1.807, 2.05) is 54.6 Å². The van der Waals surface area contributed by atoms with Crippen molar-refractivity contribution in [3.63, 3.8) is 0 Å². The molecule has 0 spiro atoms. The number of carbonyl (C=O) groups is 1. The molecule has 0 aliphatic carbocycles. The van der Waals surface area contributed by atoms with E-state index in [9.17, 15) is 4.79 Å². The average Bonchev–Trinajstić information content (AvgIpc) is 2.75. The molecule has 6 heteroatoms. The minimum atomic E-state index is -0.286. The topological polar surface area (TPSA) is 79.8 Å². The van der Waals surface area contributed by atoms with Crippen molar-refractivity contribution >= 4 is 34.1 Å². The van der Waals surface area contributed by atoms with Gasteiger partial charge in [0, 0.05) is 23.5 Å². The highest BCUT2D eigenvalue weighted by atomic mass is 16.1. The van der Waals surface area contributed by atoms with Crippen LogP contribution in [0.1, 0.15) is 23.0 Å². The van der Waals surface area contributed by atoms with Crippen LogP contribution in [0.4, 0.5) is 17.3 Å². The fourth-order valence-corrected chi connectivity index (χ4v) is 2.89. The zero-order valence-electron chi connectivity index (χ0n) is 15.4. The number of nitrogens with zero attached hydrogens (tertiary/aromatic N) is 3. The van der Waals surface area contributed by atoms with Crippen LogP contribution >= 0.6 is 0 Å². The van der Waals surface area contributed by atoms with Crippen molar-refractivity contribution in [2.45, 2.75) is 13.3 Å². The van der Waals surface area contributed by atoms with Crippen molar-refractivity contribution in [1.82, 2.24) is 15.0 Å². The highest BCUT2D eigenvalue weighted by Crippen LogP contribution is 2.23. The lowest BCUT2D eigenvalue weighted by Gasteiger charge is -2.09. The Morgan fingerprint density at radius 2 is 1.75 bits per heavy atom. The third-order valence-corrected chi connectivity index (χ3v) is 4.39. The highest BCUT2D eigenvalue weighted by molar-refractivity contribution is 6.03. The molecule has 6 nitrogen and oxygen atoms in total. The summed E-state index contributed by atoms with van der Waals surface area (Å²) in [5.74, 6) is 0.0536. The van der Waals surface area contributed by atoms with Gasteiger partial charge < -0.3 is 10.6 Å². The van der Waals surface area contributed by atoms with Crippen molar-refractivity contribution < 1.29 is 4.79 Å². The van der Waals surface area contributed by atoms with E-state index in [1.54, 1.807) is 18.5 Å². The summed E-state index contributed by atoms with van der Waals surface area (Å²) >= 11 is 0. The number of anilines is 3. The van der Waals surface area contributed by atoms with Crippen LogP contribution in [0.25, 0.3) is 10.9 Å². The number of benzene rings is 2. The molecular formula is C22H19N5O. The van der Waals surface area contributed by atoms with E-state index < -0.39 is 0 Å². The van der Waals surface area contributed by atoms with Crippen molar-refractivity contribution in [3.8, 4) is 0 Å². The molecule has 2 heterocycles. The molecule has 2 aromatic carbocycles. The first-order valence-corrected chi connectivity index (χ1v) is 9.07. The van der Waals surface area contributed by atoms with Crippen LogP contribution in [0.2, 0.25) is 0 Å². The highest BCUT2D eigenvalue weighted by Gasteiger charge is 2.10. The van der Waals surface area contributed by atoms with Crippen molar-refractivity contribution in [2.24, 2.45) is 0 Å². The van der Waals surface area contributed by atoms with Crippen LogP contribution in [0.15, 0.2) is 73.1 Å². The summed E-state index contributed by atoms with van der Waals surface area (Å²) in [5.41, 5.74) is 3.83. The third kappa shape index (κ3) is 3.81. The standard InChI is InChI=1S/C22H19N5O/c1-2-15-8-10-17(11-9-15)25-21(28)19-12-14-24-22(27-19)26-18-7-3-5-16-6-4-13-23-20(16)18/h3-14H,2H2,1H3,(H,25,28)(H,24,26,27). The SMILES string of the molecule is CCc1ccc(NC(=O)c2ccnc(Nc3cccc4cccnc34)n2)cc1. The summed E-state index contributed by atoms with van der Waals surface area (Å²) in [6.45, 7) is 2.09. The minimum Gasteiger partial charge on any atom is -0.322 e. The van der Waals surface area contributed by atoms with Gasteiger partial charge in [-0.05, 0) is 42.3 Å². The molecule has 0 saturated heterocycles. The smallest absolute Gasteiger partial charge is 0.274 e. The third-order valence-electron chi connectivity index (χ3n) is 4.39. The molecule has 138 valence electrons. The van der Waals surface area contributed by atoms with E-state index in [0.29, 0.717) is 5.95 Å². The number of rotatable bonds is 5. The number of fused-ring (bicyclic) bond motifs is 1. The molecular weight excluding hydrogens is 350 g/mol.